The molecule has 3 aromatic rings. The number of aromatic nitrogens is 3. The summed E-state index contributed by atoms with van der Waals surface area (Å²) in [6.45, 7) is 1.68. The van der Waals surface area contributed by atoms with Crippen molar-refractivity contribution in [1.82, 2.24) is 20.5 Å². The molecular weight excluding hydrogens is 371 g/mol. The van der Waals surface area contributed by atoms with E-state index in [-0.39, 0.29) is 5.56 Å². The van der Waals surface area contributed by atoms with E-state index in [9.17, 15) is 18.3 Å². The molecule has 3 heterocycles. The monoisotopic (exact) mass is 389 g/mol. The fourth-order valence-corrected chi connectivity index (χ4v) is 3.39. The molecule has 9 heteroatoms. The number of halogens is 3. The molecule has 146 valence electrons. The predicted octanol–water partition coefficient (Wildman–Crippen LogP) is 3.58. The Morgan fingerprint density at radius 2 is 2.04 bits per heavy atom. The fraction of sp³-hybridized carbons (Fsp3) is 0.316. The van der Waals surface area contributed by atoms with Gasteiger partial charge in [0.15, 0.2) is 5.82 Å². The van der Waals surface area contributed by atoms with E-state index < -0.39 is 17.5 Å². The van der Waals surface area contributed by atoms with Gasteiger partial charge in [0.2, 0.25) is 0 Å². The summed E-state index contributed by atoms with van der Waals surface area (Å²) in [5.74, 6) is 0.0463. The van der Waals surface area contributed by atoms with E-state index in [0.717, 1.165) is 25.5 Å². The normalized spacial score (nSPS) is 17.2. The minimum absolute atomic E-state index is 0.181. The third-order valence-electron chi connectivity index (χ3n) is 4.84. The van der Waals surface area contributed by atoms with E-state index in [4.69, 9.17) is 0 Å². The van der Waals surface area contributed by atoms with Crippen LogP contribution in [0.15, 0.2) is 36.7 Å². The van der Waals surface area contributed by atoms with E-state index in [2.05, 4.69) is 25.8 Å². The lowest BCUT2D eigenvalue weighted by atomic mass is 10.0. The predicted molar refractivity (Wildman–Crippen MR) is 99.0 cm³/mol. The summed E-state index contributed by atoms with van der Waals surface area (Å²) < 4.78 is 38.6. The molecule has 2 aromatic heterocycles. The van der Waals surface area contributed by atoms with Crippen LogP contribution >= 0.6 is 0 Å². The first kappa shape index (κ1) is 18.4. The lowest BCUT2D eigenvalue weighted by molar-refractivity contribution is -0.137. The second kappa shape index (κ2) is 7.23. The van der Waals surface area contributed by atoms with Gasteiger partial charge < -0.3 is 15.7 Å². The van der Waals surface area contributed by atoms with Crippen LogP contribution < -0.4 is 10.6 Å². The Morgan fingerprint density at radius 3 is 2.75 bits per heavy atom. The number of nitrogens with zero attached hydrogens (tertiary/aromatic N) is 3. The van der Waals surface area contributed by atoms with Crippen LogP contribution in [0.25, 0.3) is 22.0 Å². The first-order valence-corrected chi connectivity index (χ1v) is 8.92. The third kappa shape index (κ3) is 3.57. The molecule has 28 heavy (non-hydrogen) atoms. The highest BCUT2D eigenvalue weighted by atomic mass is 19.4. The van der Waals surface area contributed by atoms with Gasteiger partial charge in [-0.3, -0.25) is 4.98 Å². The SMILES string of the molecule is Oc1cc(C(F)(F)F)ccc1-c1nnc(NC[C@@H]2CCCN2)c2cnccc12. The molecule has 1 aliphatic heterocycles. The highest BCUT2D eigenvalue weighted by molar-refractivity contribution is 6.00. The second-order valence-corrected chi connectivity index (χ2v) is 6.72. The van der Waals surface area contributed by atoms with Gasteiger partial charge in [0.1, 0.15) is 11.4 Å². The molecule has 6 nitrogen and oxygen atoms in total. The number of phenolic OH excluding ortho intramolecular Hbond substituents is 1. The fourth-order valence-electron chi connectivity index (χ4n) is 3.39. The highest BCUT2D eigenvalue weighted by Gasteiger charge is 2.31. The quantitative estimate of drug-likeness (QED) is 0.633. The van der Waals surface area contributed by atoms with Crippen LogP contribution in [0.4, 0.5) is 19.0 Å². The molecular formula is C19H18F3N5O. The number of anilines is 1. The van der Waals surface area contributed by atoms with Gasteiger partial charge in [-0.15, -0.1) is 10.2 Å². The molecule has 1 aliphatic rings. The highest BCUT2D eigenvalue weighted by Crippen LogP contribution is 2.38. The number of fused-ring (bicyclic) bond motifs is 1. The van der Waals surface area contributed by atoms with E-state index in [0.29, 0.717) is 40.9 Å². The van der Waals surface area contributed by atoms with Crippen LogP contribution in [0.3, 0.4) is 0 Å². The summed E-state index contributed by atoms with van der Waals surface area (Å²) in [6, 6.07) is 4.88. The lowest BCUT2D eigenvalue weighted by Gasteiger charge is -2.15. The van der Waals surface area contributed by atoms with Crippen molar-refractivity contribution in [2.24, 2.45) is 0 Å². The molecule has 0 aliphatic carbocycles. The van der Waals surface area contributed by atoms with Gasteiger partial charge in [0.25, 0.3) is 0 Å². The molecule has 4 rings (SSSR count). The van der Waals surface area contributed by atoms with Gasteiger partial charge in [-0.2, -0.15) is 13.2 Å². The van der Waals surface area contributed by atoms with Crippen molar-refractivity contribution in [3.05, 3.63) is 42.2 Å². The van der Waals surface area contributed by atoms with Crippen LogP contribution in [0.2, 0.25) is 0 Å². The maximum Gasteiger partial charge on any atom is 0.416 e. The molecule has 0 spiro atoms. The zero-order valence-electron chi connectivity index (χ0n) is 14.8. The lowest BCUT2D eigenvalue weighted by Crippen LogP contribution is -2.29. The number of pyridine rings is 1. The van der Waals surface area contributed by atoms with Crippen LogP contribution in [0, 0.1) is 0 Å². The van der Waals surface area contributed by atoms with Crippen molar-refractivity contribution in [3.63, 3.8) is 0 Å². The molecule has 1 fully saturated rings. The van der Waals surface area contributed by atoms with Gasteiger partial charge >= 0.3 is 6.18 Å². The Morgan fingerprint density at radius 1 is 1.18 bits per heavy atom. The summed E-state index contributed by atoms with van der Waals surface area (Å²) in [5, 5.41) is 26.5. The van der Waals surface area contributed by atoms with Crippen LogP contribution in [-0.4, -0.2) is 39.4 Å². The van der Waals surface area contributed by atoms with Gasteiger partial charge in [-0.05, 0) is 43.7 Å². The maximum atomic E-state index is 12.9. The van der Waals surface area contributed by atoms with Crippen molar-refractivity contribution < 1.29 is 18.3 Å². The summed E-state index contributed by atoms with van der Waals surface area (Å²) in [4.78, 5) is 4.12. The Labute approximate surface area is 158 Å². The molecule has 3 N–H and O–H groups in total. The molecule has 1 saturated heterocycles. The van der Waals surface area contributed by atoms with Crippen LogP contribution in [-0.2, 0) is 6.18 Å². The summed E-state index contributed by atoms with van der Waals surface area (Å²) in [6.07, 6.45) is 0.867. The molecule has 1 atom stereocenters. The number of phenols is 1. The number of nitrogens with one attached hydrogen (secondary N) is 2. The summed E-state index contributed by atoms with van der Waals surface area (Å²) >= 11 is 0. The van der Waals surface area contributed by atoms with Crippen LogP contribution in [0.5, 0.6) is 5.75 Å². The first-order valence-electron chi connectivity index (χ1n) is 8.92. The number of aromatic hydroxyl groups is 1. The summed E-state index contributed by atoms with van der Waals surface area (Å²) in [5.41, 5.74) is -0.441. The number of hydrogen-bond acceptors (Lipinski definition) is 6. The minimum Gasteiger partial charge on any atom is -0.507 e. The standard InChI is InChI=1S/C19H18F3N5O/c20-19(21,22)11-3-4-14(16(28)8-11)17-13-5-7-23-10-15(13)18(27-26-17)25-9-12-2-1-6-24-12/h3-5,7-8,10,12,24,28H,1-2,6,9H2,(H,25,27)/t12-/m0/s1. The number of hydrogen-bond donors (Lipinski definition) is 3. The number of benzene rings is 1. The Bertz CT molecular complexity index is 1000. The van der Waals surface area contributed by atoms with Gasteiger partial charge in [0, 0.05) is 41.3 Å². The number of rotatable bonds is 4. The van der Waals surface area contributed by atoms with Crippen molar-refractivity contribution >= 4 is 16.6 Å². The summed E-state index contributed by atoms with van der Waals surface area (Å²) in [7, 11) is 0. The second-order valence-electron chi connectivity index (χ2n) is 6.72. The van der Waals surface area contributed by atoms with Crippen molar-refractivity contribution in [1.29, 1.82) is 0 Å². The van der Waals surface area contributed by atoms with E-state index >= 15 is 0 Å². The van der Waals surface area contributed by atoms with Crippen molar-refractivity contribution in [3.8, 4) is 17.0 Å². The Kier molecular flexibility index (Phi) is 4.76. The molecule has 0 amide bonds. The largest absolute Gasteiger partial charge is 0.507 e. The molecule has 0 bridgehead atoms. The van der Waals surface area contributed by atoms with Gasteiger partial charge in [-0.25, -0.2) is 0 Å². The average Bonchev–Trinajstić information content (AvgIpc) is 3.19. The van der Waals surface area contributed by atoms with E-state index in [1.807, 2.05) is 0 Å². The smallest absolute Gasteiger partial charge is 0.416 e. The van der Waals surface area contributed by atoms with Gasteiger partial charge in [-0.1, -0.05) is 0 Å². The molecule has 0 radical (unpaired) electrons. The Hall–Kier alpha value is -2.94. The zero-order valence-corrected chi connectivity index (χ0v) is 14.8. The van der Waals surface area contributed by atoms with Crippen molar-refractivity contribution in [2.75, 3.05) is 18.4 Å². The zero-order chi connectivity index (χ0) is 19.7. The molecule has 0 saturated carbocycles. The Balaban J connectivity index is 1.72. The molecule has 1 aromatic carbocycles. The van der Waals surface area contributed by atoms with E-state index in [1.165, 1.54) is 6.07 Å². The third-order valence-corrected chi connectivity index (χ3v) is 4.84. The van der Waals surface area contributed by atoms with Crippen molar-refractivity contribution in [2.45, 2.75) is 25.1 Å². The van der Waals surface area contributed by atoms with Gasteiger partial charge in [0.05, 0.1) is 5.56 Å². The topological polar surface area (TPSA) is 83.0 Å². The number of alkyl halides is 3. The maximum absolute atomic E-state index is 12.9. The molecule has 0 unspecified atom stereocenters. The average molecular weight is 389 g/mol. The first-order chi connectivity index (χ1) is 13.4. The van der Waals surface area contributed by atoms with Crippen LogP contribution in [0.1, 0.15) is 18.4 Å². The minimum atomic E-state index is -4.53. The van der Waals surface area contributed by atoms with E-state index in [1.54, 1.807) is 18.5 Å².